The molecule has 4 saturated carbocycles. The average molecular weight is 692 g/mol. The van der Waals surface area contributed by atoms with Crippen molar-refractivity contribution in [1.29, 1.82) is 0 Å². The van der Waals surface area contributed by atoms with Gasteiger partial charge in [-0.05, 0) is 129 Å². The largest absolute Gasteiger partial charge is 0.462 e. The zero-order chi connectivity index (χ0) is 36.4. The molecule has 4 aliphatic carbocycles. The van der Waals surface area contributed by atoms with Crippen LogP contribution in [0.2, 0.25) is 0 Å². The van der Waals surface area contributed by atoms with E-state index in [4.69, 9.17) is 19.9 Å². The highest BCUT2D eigenvalue weighted by Crippen LogP contribution is 2.74. The quantitative estimate of drug-likeness (QED) is 0.105. The lowest BCUT2D eigenvalue weighted by molar-refractivity contribution is -0.236. The minimum absolute atomic E-state index is 0.00262. The molecule has 3 N–H and O–H groups in total. The summed E-state index contributed by atoms with van der Waals surface area (Å²) in [5, 5.41) is 12.4. The Hall–Kier alpha value is -2.97. The fraction of sp³-hybridized carbons (Fsp3) is 0.690. The second kappa shape index (κ2) is 15.3. The number of esters is 3. The summed E-state index contributed by atoms with van der Waals surface area (Å²) in [6.07, 6.45) is 7.51. The molecule has 1 aromatic carbocycles. The number of aliphatic hydroxyl groups excluding tert-OH is 1. The molecule has 0 amide bonds. The summed E-state index contributed by atoms with van der Waals surface area (Å²) in [5.41, 5.74) is 8.35. The number of carbonyl (C=O) groups excluding carboxylic acids is 3. The van der Waals surface area contributed by atoms with E-state index in [0.717, 1.165) is 36.8 Å². The number of nitrogens with two attached hydrogens (primary N) is 1. The molecule has 8 heteroatoms. The molecule has 50 heavy (non-hydrogen) atoms. The molecular weight excluding hydrogens is 630 g/mol. The second-order valence-corrected chi connectivity index (χ2v) is 16.8. The maximum atomic E-state index is 14.1. The SMILES string of the molecule is CC(=O)O[C@H]1C[C@@]2(C)[C@@H](C[C@@H](O)[C@H]3[C@@]4(C)CC[C@@H](OC(=O)CCCN)[C@@H](C)[C@@H]4CC[C@@]32C)/C1=C(\CCC=C(C)C)C(=O)OCc1ccccc1. The minimum atomic E-state index is -0.604. The second-order valence-electron chi connectivity index (χ2n) is 16.8. The number of carbonyl (C=O) groups is 3. The Morgan fingerprint density at radius 1 is 0.980 bits per heavy atom. The molecule has 8 nitrogen and oxygen atoms in total. The lowest BCUT2D eigenvalue weighted by Crippen LogP contribution is -2.65. The molecule has 0 spiro atoms. The van der Waals surface area contributed by atoms with Crippen LogP contribution in [-0.4, -0.2) is 47.9 Å². The van der Waals surface area contributed by atoms with Crippen LogP contribution in [0.1, 0.15) is 118 Å². The van der Waals surface area contributed by atoms with Crippen LogP contribution in [0.4, 0.5) is 0 Å². The third-order valence-electron chi connectivity index (χ3n) is 13.6. The van der Waals surface area contributed by atoms with E-state index >= 15 is 0 Å². The predicted molar refractivity (Wildman–Crippen MR) is 193 cm³/mol. The standard InChI is InChI=1S/C42H61NO7/c1-26(2)13-11-16-30(39(47)48-25-29-14-9-8-10-15-29)37-32-23-33(45)38-40(5)20-19-34(50-36(46)17-12-22-43)27(3)31(40)18-21-41(38,6)42(32,7)24-35(37)49-28(4)44/h8-10,13-15,27,31-35,38,45H,11-12,16-25,43H2,1-7H3/b37-30-/t27-,31-,32-,33+,34+,35-,38-,40-,41-,42-/m0/s1. The molecule has 0 saturated heterocycles. The molecule has 0 bridgehead atoms. The topological polar surface area (TPSA) is 125 Å². The first kappa shape index (κ1) is 38.3. The van der Waals surface area contributed by atoms with E-state index in [1.165, 1.54) is 12.5 Å². The molecule has 5 rings (SSSR count). The van der Waals surface area contributed by atoms with Crippen LogP contribution in [0.15, 0.2) is 53.1 Å². The maximum absolute atomic E-state index is 14.1. The first-order valence-electron chi connectivity index (χ1n) is 19.0. The van der Waals surface area contributed by atoms with Gasteiger partial charge in [0.2, 0.25) is 0 Å². The van der Waals surface area contributed by atoms with Crippen molar-refractivity contribution < 1.29 is 33.7 Å². The van der Waals surface area contributed by atoms with Crippen molar-refractivity contribution in [2.75, 3.05) is 6.54 Å². The van der Waals surface area contributed by atoms with Gasteiger partial charge in [0, 0.05) is 18.9 Å². The number of hydrogen-bond acceptors (Lipinski definition) is 8. The smallest absolute Gasteiger partial charge is 0.334 e. The fourth-order valence-corrected chi connectivity index (χ4v) is 11.2. The van der Waals surface area contributed by atoms with Gasteiger partial charge in [0.15, 0.2) is 0 Å². The molecule has 0 unspecified atom stereocenters. The highest BCUT2D eigenvalue weighted by molar-refractivity contribution is 5.90. The third kappa shape index (κ3) is 7.21. The Bertz CT molecular complexity index is 1470. The van der Waals surface area contributed by atoms with Gasteiger partial charge >= 0.3 is 17.9 Å². The summed E-state index contributed by atoms with van der Waals surface area (Å²) >= 11 is 0. The highest BCUT2D eigenvalue weighted by Gasteiger charge is 2.71. The van der Waals surface area contributed by atoms with Gasteiger partial charge in [-0.3, -0.25) is 9.59 Å². The summed E-state index contributed by atoms with van der Waals surface area (Å²) in [6, 6.07) is 9.66. The number of ether oxygens (including phenoxy) is 3. The summed E-state index contributed by atoms with van der Waals surface area (Å²) in [6.45, 7) is 15.4. The Morgan fingerprint density at radius 3 is 2.36 bits per heavy atom. The zero-order valence-corrected chi connectivity index (χ0v) is 31.5. The van der Waals surface area contributed by atoms with E-state index in [-0.39, 0.29) is 64.6 Å². The van der Waals surface area contributed by atoms with Crippen molar-refractivity contribution in [2.45, 2.75) is 138 Å². The Labute approximate surface area is 299 Å². The third-order valence-corrected chi connectivity index (χ3v) is 13.6. The number of fused-ring (bicyclic) bond motifs is 5. The zero-order valence-electron chi connectivity index (χ0n) is 31.5. The Morgan fingerprint density at radius 2 is 1.70 bits per heavy atom. The van der Waals surface area contributed by atoms with Gasteiger partial charge in [-0.1, -0.05) is 69.7 Å². The van der Waals surface area contributed by atoms with Crippen molar-refractivity contribution >= 4 is 17.9 Å². The highest BCUT2D eigenvalue weighted by atomic mass is 16.5. The van der Waals surface area contributed by atoms with Crippen LogP contribution in [0, 0.1) is 39.9 Å². The molecule has 0 radical (unpaired) electrons. The van der Waals surface area contributed by atoms with Gasteiger partial charge in [0.05, 0.1) is 6.10 Å². The van der Waals surface area contributed by atoms with Crippen LogP contribution in [0.25, 0.3) is 0 Å². The Balaban J connectivity index is 1.51. The lowest BCUT2D eigenvalue weighted by atomic mass is 9.36. The van der Waals surface area contributed by atoms with Gasteiger partial charge < -0.3 is 25.1 Å². The molecule has 276 valence electrons. The summed E-state index contributed by atoms with van der Waals surface area (Å²) in [5.74, 6) is -0.597. The molecule has 4 fully saturated rings. The maximum Gasteiger partial charge on any atom is 0.334 e. The minimum Gasteiger partial charge on any atom is -0.462 e. The van der Waals surface area contributed by atoms with E-state index in [1.54, 1.807) is 0 Å². The van der Waals surface area contributed by atoms with Gasteiger partial charge in [0.1, 0.15) is 18.8 Å². The number of benzene rings is 1. The number of hydrogen-bond donors (Lipinski definition) is 2. The van der Waals surface area contributed by atoms with E-state index in [0.29, 0.717) is 56.6 Å². The molecule has 4 aliphatic rings. The molecule has 0 aliphatic heterocycles. The first-order valence-corrected chi connectivity index (χ1v) is 19.0. The normalized spacial score (nSPS) is 37.0. The first-order chi connectivity index (χ1) is 23.7. The predicted octanol–water partition coefficient (Wildman–Crippen LogP) is 7.61. The van der Waals surface area contributed by atoms with Crippen molar-refractivity contribution in [3.05, 3.63) is 58.7 Å². The number of rotatable bonds is 11. The average Bonchev–Trinajstić information content (AvgIpc) is 3.33. The molecule has 0 aromatic heterocycles. The van der Waals surface area contributed by atoms with Crippen molar-refractivity contribution in [3.8, 4) is 0 Å². The van der Waals surface area contributed by atoms with E-state index in [1.807, 2.05) is 44.2 Å². The van der Waals surface area contributed by atoms with Crippen molar-refractivity contribution in [3.63, 3.8) is 0 Å². The summed E-state index contributed by atoms with van der Waals surface area (Å²) in [7, 11) is 0. The molecule has 10 atom stereocenters. The van der Waals surface area contributed by atoms with Crippen LogP contribution >= 0.6 is 0 Å². The summed E-state index contributed by atoms with van der Waals surface area (Å²) in [4.78, 5) is 39.4. The fourth-order valence-electron chi connectivity index (χ4n) is 11.2. The van der Waals surface area contributed by atoms with Crippen LogP contribution < -0.4 is 5.73 Å². The van der Waals surface area contributed by atoms with Crippen molar-refractivity contribution in [2.24, 2.45) is 45.7 Å². The van der Waals surface area contributed by atoms with Gasteiger partial charge in [0.25, 0.3) is 0 Å². The summed E-state index contributed by atoms with van der Waals surface area (Å²) < 4.78 is 18.1. The Kier molecular flexibility index (Phi) is 11.7. The number of allylic oxidation sites excluding steroid dienone is 2. The lowest BCUT2D eigenvalue weighted by Gasteiger charge is -2.69. The van der Waals surface area contributed by atoms with Crippen molar-refractivity contribution in [1.82, 2.24) is 0 Å². The van der Waals surface area contributed by atoms with Gasteiger partial charge in [-0.15, -0.1) is 0 Å². The van der Waals surface area contributed by atoms with Crippen LogP contribution in [0.3, 0.4) is 0 Å². The van der Waals surface area contributed by atoms with Gasteiger partial charge in [-0.2, -0.15) is 0 Å². The van der Waals surface area contributed by atoms with E-state index in [2.05, 4.69) is 33.8 Å². The van der Waals surface area contributed by atoms with Gasteiger partial charge in [-0.25, -0.2) is 4.79 Å². The van der Waals surface area contributed by atoms with Crippen LogP contribution in [0.5, 0.6) is 0 Å². The molecule has 1 aromatic rings. The monoisotopic (exact) mass is 691 g/mol. The molecular formula is C42H61NO7. The molecule has 0 heterocycles. The van der Waals surface area contributed by atoms with Crippen LogP contribution in [-0.2, 0) is 35.2 Å². The van der Waals surface area contributed by atoms with E-state index in [9.17, 15) is 19.5 Å². The number of aliphatic hydroxyl groups is 1. The van der Waals surface area contributed by atoms with E-state index < -0.39 is 12.2 Å².